The van der Waals surface area contributed by atoms with Crippen LogP contribution in [0.1, 0.15) is 40.5 Å². The maximum atomic E-state index is 5.89. The summed E-state index contributed by atoms with van der Waals surface area (Å²) < 4.78 is 4.27. The Morgan fingerprint density at radius 2 is 2.00 bits per heavy atom. The molecular formula is C10H19N4+. The molecule has 1 aliphatic rings. The van der Waals surface area contributed by atoms with Crippen LogP contribution < -0.4 is 10.4 Å². The molecule has 1 aliphatic heterocycles. The molecule has 0 saturated carbocycles. The summed E-state index contributed by atoms with van der Waals surface area (Å²) in [5.41, 5.74) is 6.09. The molecule has 1 aromatic rings. The Balaban J connectivity index is 2.64. The van der Waals surface area contributed by atoms with Gasteiger partial charge >= 0.3 is 12.3 Å². The summed E-state index contributed by atoms with van der Waals surface area (Å²) in [6.07, 6.45) is 4.15. The van der Waals surface area contributed by atoms with Crippen LogP contribution in [-0.4, -0.2) is 9.67 Å². The number of anilines is 1. The van der Waals surface area contributed by atoms with Gasteiger partial charge in [-0.2, -0.15) is 4.68 Å². The third-order valence-electron chi connectivity index (χ3n) is 3.27. The van der Waals surface area contributed by atoms with Crippen molar-refractivity contribution in [3.63, 3.8) is 0 Å². The summed E-state index contributed by atoms with van der Waals surface area (Å²) in [7, 11) is 0. The van der Waals surface area contributed by atoms with Crippen LogP contribution in [0.5, 0.6) is 0 Å². The van der Waals surface area contributed by atoms with Crippen molar-refractivity contribution in [3.05, 3.63) is 6.33 Å². The van der Waals surface area contributed by atoms with Crippen molar-refractivity contribution in [1.29, 1.82) is 0 Å². The number of fused-ring (bicyclic) bond motifs is 1. The van der Waals surface area contributed by atoms with Crippen molar-refractivity contribution < 1.29 is 4.68 Å². The van der Waals surface area contributed by atoms with E-state index in [1.54, 1.807) is 0 Å². The molecule has 0 aliphatic carbocycles. The molecule has 0 atom stereocenters. The van der Waals surface area contributed by atoms with E-state index < -0.39 is 0 Å². The van der Waals surface area contributed by atoms with Gasteiger partial charge in [0.2, 0.25) is 0 Å². The van der Waals surface area contributed by atoms with Crippen LogP contribution in [0.25, 0.3) is 0 Å². The molecule has 0 fully saturated rings. The van der Waals surface area contributed by atoms with Crippen LogP contribution >= 0.6 is 0 Å². The molecule has 78 valence electrons. The van der Waals surface area contributed by atoms with Crippen LogP contribution in [0.2, 0.25) is 0 Å². The Morgan fingerprint density at radius 3 is 2.57 bits per heavy atom. The van der Waals surface area contributed by atoms with Crippen LogP contribution in [0.4, 0.5) is 5.95 Å². The van der Waals surface area contributed by atoms with E-state index >= 15 is 0 Å². The normalized spacial score (nSPS) is 23.1. The van der Waals surface area contributed by atoms with E-state index in [4.69, 9.17) is 5.73 Å². The summed E-state index contributed by atoms with van der Waals surface area (Å²) in [5, 5.41) is 0. The number of rotatable bonds is 0. The van der Waals surface area contributed by atoms with Crippen molar-refractivity contribution in [2.24, 2.45) is 0 Å². The quantitative estimate of drug-likeness (QED) is 0.628. The van der Waals surface area contributed by atoms with Crippen LogP contribution in [0.3, 0.4) is 0 Å². The zero-order chi connectivity index (χ0) is 10.6. The monoisotopic (exact) mass is 195 g/mol. The van der Waals surface area contributed by atoms with Gasteiger partial charge in [-0.15, -0.1) is 4.68 Å². The van der Waals surface area contributed by atoms with Gasteiger partial charge in [0, 0.05) is 0 Å². The van der Waals surface area contributed by atoms with E-state index in [1.807, 2.05) is 6.33 Å². The minimum absolute atomic E-state index is 0.0795. The van der Waals surface area contributed by atoms with E-state index in [0.29, 0.717) is 5.95 Å². The Labute approximate surface area is 84.7 Å². The van der Waals surface area contributed by atoms with Gasteiger partial charge in [-0.05, 0) is 45.5 Å². The van der Waals surface area contributed by atoms with Crippen LogP contribution in [-0.2, 0) is 11.1 Å². The van der Waals surface area contributed by atoms with Gasteiger partial charge in [0.25, 0.3) is 0 Å². The highest BCUT2D eigenvalue weighted by Crippen LogP contribution is 2.32. The van der Waals surface area contributed by atoms with Gasteiger partial charge in [-0.1, -0.05) is 0 Å². The third-order valence-corrected chi connectivity index (χ3v) is 3.27. The number of nitrogen functional groups attached to an aromatic ring is 1. The molecule has 0 aromatic carbocycles. The van der Waals surface area contributed by atoms with Gasteiger partial charge in [0.15, 0.2) is 0 Å². The molecule has 14 heavy (non-hydrogen) atoms. The average Bonchev–Trinajstić information content (AvgIpc) is 2.44. The average molecular weight is 195 g/mol. The predicted octanol–water partition coefficient (Wildman–Crippen LogP) is 1.02. The largest absolute Gasteiger partial charge is 0.347 e. The lowest BCUT2D eigenvalue weighted by atomic mass is 9.87. The zero-order valence-corrected chi connectivity index (χ0v) is 9.41. The second kappa shape index (κ2) is 2.49. The second-order valence-corrected chi connectivity index (χ2v) is 5.38. The highest BCUT2D eigenvalue weighted by molar-refractivity contribution is 5.13. The molecule has 4 heteroatoms. The van der Waals surface area contributed by atoms with Gasteiger partial charge in [0.1, 0.15) is 5.54 Å². The predicted molar refractivity (Wildman–Crippen MR) is 54.7 cm³/mol. The fourth-order valence-corrected chi connectivity index (χ4v) is 2.19. The van der Waals surface area contributed by atoms with Crippen molar-refractivity contribution in [2.75, 3.05) is 5.73 Å². The van der Waals surface area contributed by atoms with Crippen molar-refractivity contribution >= 4 is 5.95 Å². The number of hydrogen-bond donors (Lipinski definition) is 1. The molecule has 0 unspecified atom stereocenters. The summed E-state index contributed by atoms with van der Waals surface area (Å²) in [5.74, 6) is 0.614. The molecule has 2 rings (SSSR count). The number of aromatic nitrogens is 3. The van der Waals surface area contributed by atoms with Crippen molar-refractivity contribution in [3.8, 4) is 0 Å². The summed E-state index contributed by atoms with van der Waals surface area (Å²) >= 11 is 0. The molecule has 4 nitrogen and oxygen atoms in total. The highest BCUT2D eigenvalue weighted by Gasteiger charge is 2.43. The fourth-order valence-electron chi connectivity index (χ4n) is 2.19. The molecule has 0 saturated heterocycles. The first-order valence-electron chi connectivity index (χ1n) is 5.11. The molecule has 0 spiro atoms. The van der Waals surface area contributed by atoms with Crippen LogP contribution in [0, 0.1) is 0 Å². The minimum atomic E-state index is 0.0795. The standard InChI is InChI=1S/C10H18N4/c1-9(2)5-6-10(3,4)14-8(11)12-7-13(9)14/h7,11H,5-6H2,1-4H3/p+1. The van der Waals surface area contributed by atoms with E-state index in [9.17, 15) is 0 Å². The molecule has 2 N–H and O–H groups in total. The first kappa shape index (κ1) is 9.49. The van der Waals surface area contributed by atoms with Gasteiger partial charge < -0.3 is 5.73 Å². The third kappa shape index (κ3) is 1.13. The molecule has 0 radical (unpaired) electrons. The van der Waals surface area contributed by atoms with Crippen molar-refractivity contribution in [2.45, 2.75) is 51.6 Å². The van der Waals surface area contributed by atoms with Crippen LogP contribution in [0.15, 0.2) is 6.33 Å². The number of nitrogens with two attached hydrogens (primary N) is 1. The molecule has 2 heterocycles. The Morgan fingerprint density at radius 1 is 1.36 bits per heavy atom. The summed E-state index contributed by atoms with van der Waals surface area (Å²) in [4.78, 5) is 4.19. The summed E-state index contributed by atoms with van der Waals surface area (Å²) in [6, 6.07) is 0. The minimum Gasteiger partial charge on any atom is -0.345 e. The first-order valence-corrected chi connectivity index (χ1v) is 5.11. The van der Waals surface area contributed by atoms with Crippen molar-refractivity contribution in [1.82, 2.24) is 9.67 Å². The van der Waals surface area contributed by atoms with E-state index in [1.165, 1.54) is 0 Å². The molecule has 1 aromatic heterocycles. The SMILES string of the molecule is CC1(C)CCC(C)(C)[n+]2cnc(N)n21. The van der Waals surface area contributed by atoms with Gasteiger partial charge in [-0.3, -0.25) is 0 Å². The smallest absolute Gasteiger partial charge is 0.345 e. The molecule has 0 bridgehead atoms. The lowest BCUT2D eigenvalue weighted by Crippen LogP contribution is -2.65. The molecule has 0 amide bonds. The second-order valence-electron chi connectivity index (χ2n) is 5.38. The van der Waals surface area contributed by atoms with E-state index in [0.717, 1.165) is 12.8 Å². The topological polar surface area (TPSA) is 47.7 Å². The Bertz CT molecular complexity index is 362. The Kier molecular flexibility index (Phi) is 1.69. The van der Waals surface area contributed by atoms with Gasteiger partial charge in [-0.25, -0.2) is 0 Å². The number of nitrogens with zero attached hydrogens (tertiary/aromatic N) is 3. The van der Waals surface area contributed by atoms with E-state index in [-0.39, 0.29) is 11.1 Å². The lowest BCUT2D eigenvalue weighted by molar-refractivity contribution is -0.842. The lowest BCUT2D eigenvalue weighted by Gasteiger charge is -2.37. The number of hydrogen-bond acceptors (Lipinski definition) is 2. The maximum Gasteiger partial charge on any atom is 0.347 e. The molecular weight excluding hydrogens is 176 g/mol. The highest BCUT2D eigenvalue weighted by atomic mass is 15.5. The fraction of sp³-hybridized carbons (Fsp3) is 0.800. The van der Waals surface area contributed by atoms with E-state index in [2.05, 4.69) is 42.0 Å². The summed E-state index contributed by atoms with van der Waals surface area (Å²) in [6.45, 7) is 8.85. The zero-order valence-electron chi connectivity index (χ0n) is 9.41. The Hall–Kier alpha value is -1.06. The van der Waals surface area contributed by atoms with Gasteiger partial charge in [0.05, 0.1) is 5.54 Å². The first-order chi connectivity index (χ1) is 6.34. The maximum absolute atomic E-state index is 5.89.